The van der Waals surface area contributed by atoms with Crippen LogP contribution in [0.3, 0.4) is 0 Å². The molecule has 0 unspecified atom stereocenters. The van der Waals surface area contributed by atoms with E-state index in [4.69, 9.17) is 14.1 Å². The van der Waals surface area contributed by atoms with Gasteiger partial charge in [-0.2, -0.15) is 0 Å². The average Bonchev–Trinajstić information content (AvgIpc) is 3.43. The summed E-state index contributed by atoms with van der Waals surface area (Å²) in [6.07, 6.45) is 3.12. The first-order valence-electron chi connectivity index (χ1n) is 10.2. The molecule has 0 aliphatic rings. The van der Waals surface area contributed by atoms with Crippen LogP contribution in [0.5, 0.6) is 5.75 Å². The highest BCUT2D eigenvalue weighted by Crippen LogP contribution is 2.17. The lowest BCUT2D eigenvalue weighted by molar-refractivity contribution is 0.0926. The van der Waals surface area contributed by atoms with E-state index in [9.17, 15) is 4.79 Å². The molecule has 2 heterocycles. The fraction of sp³-hybridized carbons (Fsp3) is 0.250. The van der Waals surface area contributed by atoms with Gasteiger partial charge in [0.25, 0.3) is 5.91 Å². The SMILES string of the molecule is CCc1ccc(OCCn2c(CCNC(=O)c3ccco3)nc3ccccc32)cc1. The Hall–Kier alpha value is -3.54. The van der Waals surface area contributed by atoms with Gasteiger partial charge in [-0.25, -0.2) is 4.98 Å². The molecule has 0 saturated carbocycles. The van der Waals surface area contributed by atoms with Crippen LogP contribution in [0.4, 0.5) is 0 Å². The molecule has 2 aromatic carbocycles. The van der Waals surface area contributed by atoms with E-state index in [1.54, 1.807) is 12.1 Å². The summed E-state index contributed by atoms with van der Waals surface area (Å²) < 4.78 is 13.2. The number of fused-ring (bicyclic) bond motifs is 1. The van der Waals surface area contributed by atoms with Gasteiger partial charge in [-0.1, -0.05) is 31.2 Å². The van der Waals surface area contributed by atoms with Crippen LogP contribution in [0.15, 0.2) is 71.3 Å². The van der Waals surface area contributed by atoms with Crippen LogP contribution in [0, 0.1) is 0 Å². The Bertz CT molecular complexity index is 1100. The molecule has 0 fully saturated rings. The van der Waals surface area contributed by atoms with Crippen molar-refractivity contribution in [3.8, 4) is 5.75 Å². The Balaban J connectivity index is 1.41. The number of nitrogens with one attached hydrogen (secondary N) is 1. The number of imidazole rings is 1. The maximum atomic E-state index is 12.1. The molecule has 4 aromatic rings. The van der Waals surface area contributed by atoms with Gasteiger partial charge in [-0.3, -0.25) is 4.79 Å². The number of benzene rings is 2. The Kier molecular flexibility index (Phi) is 6.13. The number of aromatic nitrogens is 2. The van der Waals surface area contributed by atoms with Gasteiger partial charge in [0.1, 0.15) is 18.2 Å². The summed E-state index contributed by atoms with van der Waals surface area (Å²) in [7, 11) is 0. The van der Waals surface area contributed by atoms with Gasteiger partial charge in [-0.15, -0.1) is 0 Å². The van der Waals surface area contributed by atoms with Crippen LogP contribution in [0.25, 0.3) is 11.0 Å². The molecule has 0 bridgehead atoms. The van der Waals surface area contributed by atoms with Gasteiger partial charge < -0.3 is 19.0 Å². The van der Waals surface area contributed by atoms with E-state index in [1.807, 2.05) is 30.3 Å². The molecule has 2 aromatic heterocycles. The molecule has 4 rings (SSSR count). The standard InChI is InChI=1S/C24H25N3O3/c1-2-18-9-11-19(12-10-18)29-17-15-27-21-7-4-3-6-20(21)26-23(27)13-14-25-24(28)22-8-5-16-30-22/h3-12,16H,2,13-15,17H2,1H3,(H,25,28). The summed E-state index contributed by atoms with van der Waals surface area (Å²) >= 11 is 0. The molecule has 6 heteroatoms. The topological polar surface area (TPSA) is 69.3 Å². The van der Waals surface area contributed by atoms with Gasteiger partial charge in [0.15, 0.2) is 5.76 Å². The van der Waals surface area contributed by atoms with Gasteiger partial charge in [0.05, 0.1) is 23.8 Å². The fourth-order valence-electron chi connectivity index (χ4n) is 3.42. The summed E-state index contributed by atoms with van der Waals surface area (Å²) in [4.78, 5) is 16.8. The van der Waals surface area contributed by atoms with Crippen LogP contribution in [0.2, 0.25) is 0 Å². The Labute approximate surface area is 175 Å². The molecule has 0 radical (unpaired) electrons. The van der Waals surface area contributed by atoms with Crippen molar-refractivity contribution in [2.75, 3.05) is 13.2 Å². The number of carbonyl (C=O) groups is 1. The number of amides is 1. The minimum atomic E-state index is -0.221. The zero-order chi connectivity index (χ0) is 20.8. The average molecular weight is 403 g/mol. The summed E-state index contributed by atoms with van der Waals surface area (Å²) in [5, 5.41) is 2.88. The highest BCUT2D eigenvalue weighted by molar-refractivity contribution is 5.91. The molecule has 30 heavy (non-hydrogen) atoms. The van der Waals surface area contributed by atoms with Crippen molar-refractivity contribution in [1.82, 2.24) is 14.9 Å². The third-order valence-electron chi connectivity index (χ3n) is 5.03. The third-order valence-corrected chi connectivity index (χ3v) is 5.03. The molecular formula is C24H25N3O3. The van der Waals surface area contributed by atoms with Crippen LogP contribution < -0.4 is 10.1 Å². The third kappa shape index (κ3) is 4.54. The number of furan rings is 1. The van der Waals surface area contributed by atoms with E-state index in [0.29, 0.717) is 31.9 Å². The van der Waals surface area contributed by atoms with Crippen molar-refractivity contribution in [3.05, 3.63) is 84.1 Å². The van der Waals surface area contributed by atoms with Crippen molar-refractivity contribution in [2.45, 2.75) is 26.3 Å². The van der Waals surface area contributed by atoms with Crippen molar-refractivity contribution in [3.63, 3.8) is 0 Å². The van der Waals surface area contributed by atoms with Crippen molar-refractivity contribution in [1.29, 1.82) is 0 Å². The Morgan fingerprint density at radius 1 is 1.10 bits per heavy atom. The zero-order valence-corrected chi connectivity index (χ0v) is 17.0. The predicted octanol–water partition coefficient (Wildman–Crippen LogP) is 4.24. The monoisotopic (exact) mass is 403 g/mol. The molecule has 1 amide bonds. The van der Waals surface area contributed by atoms with Crippen LogP contribution in [-0.4, -0.2) is 28.6 Å². The molecule has 0 saturated heterocycles. The number of hydrogen-bond acceptors (Lipinski definition) is 4. The molecule has 6 nitrogen and oxygen atoms in total. The summed E-state index contributed by atoms with van der Waals surface area (Å²) in [5.74, 6) is 1.87. The number of ether oxygens (including phenoxy) is 1. The lowest BCUT2D eigenvalue weighted by Gasteiger charge is -2.11. The first-order chi connectivity index (χ1) is 14.7. The summed E-state index contributed by atoms with van der Waals surface area (Å²) in [6, 6.07) is 19.6. The maximum Gasteiger partial charge on any atom is 0.286 e. The van der Waals surface area contributed by atoms with E-state index < -0.39 is 0 Å². The number of nitrogens with zero attached hydrogens (tertiary/aromatic N) is 2. The van der Waals surface area contributed by atoms with E-state index in [-0.39, 0.29) is 5.91 Å². The smallest absolute Gasteiger partial charge is 0.286 e. The predicted molar refractivity (Wildman–Crippen MR) is 116 cm³/mol. The number of para-hydroxylation sites is 2. The maximum absolute atomic E-state index is 12.1. The second-order valence-corrected chi connectivity index (χ2v) is 7.00. The highest BCUT2D eigenvalue weighted by atomic mass is 16.5. The van der Waals surface area contributed by atoms with Crippen LogP contribution in [-0.2, 0) is 19.4 Å². The van der Waals surface area contributed by atoms with Crippen LogP contribution in [0.1, 0.15) is 28.9 Å². The first-order valence-corrected chi connectivity index (χ1v) is 10.2. The van der Waals surface area contributed by atoms with Gasteiger partial charge in [0, 0.05) is 13.0 Å². The molecule has 0 atom stereocenters. The molecule has 154 valence electrons. The first kappa shape index (κ1) is 19.8. The van der Waals surface area contributed by atoms with Gasteiger partial charge >= 0.3 is 0 Å². The lowest BCUT2D eigenvalue weighted by Crippen LogP contribution is -2.26. The number of carbonyl (C=O) groups excluding carboxylic acids is 1. The molecule has 0 aliphatic heterocycles. The van der Waals surface area contributed by atoms with Gasteiger partial charge in [-0.05, 0) is 48.4 Å². The molecular weight excluding hydrogens is 378 g/mol. The van der Waals surface area contributed by atoms with E-state index in [2.05, 4.69) is 35.0 Å². The van der Waals surface area contributed by atoms with Crippen molar-refractivity contribution < 1.29 is 13.9 Å². The minimum Gasteiger partial charge on any atom is -0.492 e. The zero-order valence-electron chi connectivity index (χ0n) is 17.0. The lowest BCUT2D eigenvalue weighted by atomic mass is 10.2. The Morgan fingerprint density at radius 3 is 2.70 bits per heavy atom. The second kappa shape index (κ2) is 9.31. The van der Waals surface area contributed by atoms with E-state index >= 15 is 0 Å². The second-order valence-electron chi connectivity index (χ2n) is 7.00. The van der Waals surface area contributed by atoms with Crippen molar-refractivity contribution >= 4 is 16.9 Å². The number of rotatable bonds is 9. The van der Waals surface area contributed by atoms with Gasteiger partial charge in [0.2, 0.25) is 0 Å². The molecule has 0 spiro atoms. The van der Waals surface area contributed by atoms with Crippen molar-refractivity contribution in [2.24, 2.45) is 0 Å². The summed E-state index contributed by atoms with van der Waals surface area (Å²) in [6.45, 7) is 3.83. The molecule has 0 aliphatic carbocycles. The normalized spacial score (nSPS) is 11.0. The summed E-state index contributed by atoms with van der Waals surface area (Å²) in [5.41, 5.74) is 3.30. The van der Waals surface area contributed by atoms with Crippen LogP contribution >= 0.6 is 0 Å². The Morgan fingerprint density at radius 2 is 1.93 bits per heavy atom. The molecule has 1 N–H and O–H groups in total. The number of aryl methyl sites for hydroxylation is 1. The number of hydrogen-bond donors (Lipinski definition) is 1. The van der Waals surface area contributed by atoms with E-state index in [0.717, 1.165) is 29.0 Å². The largest absolute Gasteiger partial charge is 0.492 e. The quantitative estimate of drug-likeness (QED) is 0.454. The minimum absolute atomic E-state index is 0.221. The fourth-order valence-corrected chi connectivity index (χ4v) is 3.42. The van der Waals surface area contributed by atoms with E-state index in [1.165, 1.54) is 11.8 Å². The highest BCUT2D eigenvalue weighted by Gasteiger charge is 2.12.